The second-order valence-electron chi connectivity index (χ2n) is 7.96. The van der Waals surface area contributed by atoms with Gasteiger partial charge in [-0.15, -0.1) is 10.2 Å². The Morgan fingerprint density at radius 2 is 1.83 bits per heavy atom. The fourth-order valence-corrected chi connectivity index (χ4v) is 5.45. The summed E-state index contributed by atoms with van der Waals surface area (Å²) in [6, 6.07) is 8.34. The Bertz CT molecular complexity index is 841. The first-order valence-electron chi connectivity index (χ1n) is 10.7. The number of likely N-dealkylation sites (tertiary alicyclic amines) is 1. The van der Waals surface area contributed by atoms with E-state index in [1.54, 1.807) is 18.9 Å². The van der Waals surface area contributed by atoms with Crippen molar-refractivity contribution in [2.75, 3.05) is 20.2 Å². The third-order valence-electron chi connectivity index (χ3n) is 6.00. The smallest absolute Gasteiger partial charge is 0.235 e. The monoisotopic (exact) mass is 414 g/mol. The summed E-state index contributed by atoms with van der Waals surface area (Å²) in [7, 11) is 1.69. The Balaban J connectivity index is 1.66. The minimum atomic E-state index is -0.162. The van der Waals surface area contributed by atoms with E-state index in [4.69, 9.17) is 4.74 Å². The van der Waals surface area contributed by atoms with Crippen LogP contribution in [0.1, 0.15) is 57.9 Å². The number of methoxy groups -OCH3 is 1. The van der Waals surface area contributed by atoms with Gasteiger partial charge in [0.15, 0.2) is 11.0 Å². The van der Waals surface area contributed by atoms with Gasteiger partial charge in [0.05, 0.1) is 17.9 Å². The van der Waals surface area contributed by atoms with E-state index in [2.05, 4.69) is 14.8 Å². The Hall–Kier alpha value is -2.02. The van der Waals surface area contributed by atoms with E-state index in [9.17, 15) is 4.79 Å². The third kappa shape index (κ3) is 4.29. The summed E-state index contributed by atoms with van der Waals surface area (Å²) in [5.74, 6) is 1.86. The molecule has 0 spiro atoms. The lowest BCUT2D eigenvalue weighted by Gasteiger charge is -2.27. The average molecular weight is 415 g/mol. The zero-order valence-corrected chi connectivity index (χ0v) is 18.2. The minimum Gasteiger partial charge on any atom is -0.496 e. The minimum absolute atomic E-state index is 0.162. The number of para-hydroxylation sites is 1. The van der Waals surface area contributed by atoms with Crippen molar-refractivity contribution in [3.8, 4) is 17.1 Å². The van der Waals surface area contributed by atoms with E-state index in [1.165, 1.54) is 19.3 Å². The lowest BCUT2D eigenvalue weighted by molar-refractivity contribution is -0.129. The number of nitrogens with zero attached hydrogens (tertiary/aromatic N) is 4. The summed E-state index contributed by atoms with van der Waals surface area (Å²) < 4.78 is 7.86. The summed E-state index contributed by atoms with van der Waals surface area (Å²) in [6.07, 6.45) is 8.21. The SMILES string of the molecule is COc1ccccc1-c1nnc(S[C@H](C)C(=O)N2CCCC2)n1C1CCCCC1. The molecule has 29 heavy (non-hydrogen) atoms. The topological polar surface area (TPSA) is 60.3 Å². The molecule has 2 fully saturated rings. The van der Waals surface area contributed by atoms with Crippen molar-refractivity contribution >= 4 is 17.7 Å². The van der Waals surface area contributed by atoms with Crippen molar-refractivity contribution in [3.63, 3.8) is 0 Å². The van der Waals surface area contributed by atoms with E-state index in [1.807, 2.05) is 36.1 Å². The van der Waals surface area contributed by atoms with Gasteiger partial charge in [0, 0.05) is 19.1 Å². The van der Waals surface area contributed by atoms with Crippen LogP contribution in [0.15, 0.2) is 29.4 Å². The molecular formula is C22H30N4O2S. The van der Waals surface area contributed by atoms with E-state index in [-0.39, 0.29) is 11.2 Å². The van der Waals surface area contributed by atoms with Crippen molar-refractivity contribution in [1.29, 1.82) is 0 Å². The molecule has 1 aromatic carbocycles. The maximum absolute atomic E-state index is 12.8. The van der Waals surface area contributed by atoms with Gasteiger partial charge in [-0.1, -0.05) is 43.2 Å². The zero-order chi connectivity index (χ0) is 20.2. The highest BCUT2D eigenvalue weighted by atomic mass is 32.2. The molecule has 6 nitrogen and oxygen atoms in total. The van der Waals surface area contributed by atoms with Crippen molar-refractivity contribution < 1.29 is 9.53 Å². The van der Waals surface area contributed by atoms with Crippen LogP contribution in [0.3, 0.4) is 0 Å². The molecule has 1 aliphatic heterocycles. The van der Waals surface area contributed by atoms with Gasteiger partial charge in [-0.2, -0.15) is 0 Å². The van der Waals surface area contributed by atoms with Crippen LogP contribution >= 0.6 is 11.8 Å². The number of hydrogen-bond acceptors (Lipinski definition) is 5. The van der Waals surface area contributed by atoms with E-state index in [0.29, 0.717) is 6.04 Å². The number of thioether (sulfide) groups is 1. The predicted molar refractivity (Wildman–Crippen MR) is 115 cm³/mol. The summed E-state index contributed by atoms with van der Waals surface area (Å²) in [4.78, 5) is 14.8. The predicted octanol–water partition coefficient (Wildman–Crippen LogP) is 4.56. The number of carbonyl (C=O) groups excluding carboxylic acids is 1. The normalized spacial score (nSPS) is 18.8. The Morgan fingerprint density at radius 1 is 1.10 bits per heavy atom. The number of benzene rings is 1. The van der Waals surface area contributed by atoms with E-state index < -0.39 is 0 Å². The van der Waals surface area contributed by atoms with Gasteiger partial charge in [0.1, 0.15) is 5.75 Å². The Labute approximate surface area is 177 Å². The third-order valence-corrected chi connectivity index (χ3v) is 7.04. The summed E-state index contributed by atoms with van der Waals surface area (Å²) in [5.41, 5.74) is 0.957. The highest BCUT2D eigenvalue weighted by Gasteiger charge is 2.29. The van der Waals surface area contributed by atoms with Gasteiger partial charge in [0.25, 0.3) is 0 Å². The maximum Gasteiger partial charge on any atom is 0.235 e. The zero-order valence-electron chi connectivity index (χ0n) is 17.3. The number of ether oxygens (including phenoxy) is 1. The average Bonchev–Trinajstić information content (AvgIpc) is 3.44. The number of carbonyl (C=O) groups is 1. The molecule has 156 valence electrons. The Kier molecular flexibility index (Phi) is 6.43. The van der Waals surface area contributed by atoms with Crippen LogP contribution in [0.5, 0.6) is 5.75 Å². The molecule has 1 aromatic heterocycles. The van der Waals surface area contributed by atoms with Gasteiger partial charge in [-0.25, -0.2) is 0 Å². The lowest BCUT2D eigenvalue weighted by atomic mass is 9.95. The maximum atomic E-state index is 12.8. The molecule has 7 heteroatoms. The van der Waals surface area contributed by atoms with Crippen molar-refractivity contribution in [1.82, 2.24) is 19.7 Å². The molecule has 0 bridgehead atoms. The molecule has 0 radical (unpaired) electrons. The van der Waals surface area contributed by atoms with Crippen LogP contribution in [-0.2, 0) is 4.79 Å². The molecule has 1 saturated carbocycles. The molecule has 1 saturated heterocycles. The molecule has 0 N–H and O–H groups in total. The van der Waals surface area contributed by atoms with Gasteiger partial charge in [0.2, 0.25) is 5.91 Å². The number of rotatable bonds is 6. The lowest BCUT2D eigenvalue weighted by Crippen LogP contribution is -2.34. The standard InChI is InChI=1S/C22H30N4O2S/c1-16(21(27)25-14-8-9-15-25)29-22-24-23-20(18-12-6-7-13-19(18)28-2)26(22)17-10-4-3-5-11-17/h6-7,12-13,16-17H,3-5,8-11,14-15H2,1-2H3/t16-/m1/s1. The van der Waals surface area contributed by atoms with Crippen molar-refractivity contribution in [2.45, 2.75) is 68.3 Å². The van der Waals surface area contributed by atoms with Gasteiger partial charge >= 0.3 is 0 Å². The van der Waals surface area contributed by atoms with Crippen LogP contribution in [0, 0.1) is 0 Å². The Morgan fingerprint density at radius 3 is 2.55 bits per heavy atom. The number of aromatic nitrogens is 3. The van der Waals surface area contributed by atoms with Crippen molar-refractivity contribution in [3.05, 3.63) is 24.3 Å². The molecule has 4 rings (SSSR count). The van der Waals surface area contributed by atoms with Crippen LogP contribution in [0.25, 0.3) is 11.4 Å². The van der Waals surface area contributed by atoms with Gasteiger partial charge < -0.3 is 9.64 Å². The second-order valence-corrected chi connectivity index (χ2v) is 9.27. The molecule has 1 amide bonds. The van der Waals surface area contributed by atoms with E-state index in [0.717, 1.165) is 61.1 Å². The quantitative estimate of drug-likeness (QED) is 0.649. The molecule has 1 atom stereocenters. The summed E-state index contributed by atoms with van der Waals surface area (Å²) in [6.45, 7) is 3.75. The molecule has 0 unspecified atom stereocenters. The van der Waals surface area contributed by atoms with Crippen LogP contribution in [0.4, 0.5) is 0 Å². The summed E-state index contributed by atoms with van der Waals surface area (Å²) >= 11 is 1.55. The number of amides is 1. The van der Waals surface area contributed by atoms with Crippen LogP contribution < -0.4 is 4.74 Å². The van der Waals surface area contributed by atoms with Crippen LogP contribution in [-0.4, -0.2) is 51.0 Å². The first-order valence-corrected chi connectivity index (χ1v) is 11.6. The second kappa shape index (κ2) is 9.20. The molecular weight excluding hydrogens is 384 g/mol. The largest absolute Gasteiger partial charge is 0.496 e. The molecule has 2 heterocycles. The van der Waals surface area contributed by atoms with E-state index >= 15 is 0 Å². The highest BCUT2D eigenvalue weighted by molar-refractivity contribution is 8.00. The first-order chi connectivity index (χ1) is 14.2. The van der Waals surface area contributed by atoms with Crippen LogP contribution in [0.2, 0.25) is 0 Å². The van der Waals surface area contributed by atoms with Gasteiger partial charge in [-0.05, 0) is 44.7 Å². The highest BCUT2D eigenvalue weighted by Crippen LogP contribution is 2.39. The number of hydrogen-bond donors (Lipinski definition) is 0. The fourth-order valence-electron chi connectivity index (χ4n) is 4.44. The fraction of sp³-hybridized carbons (Fsp3) is 0.591. The molecule has 1 aliphatic carbocycles. The molecule has 2 aromatic rings. The summed E-state index contributed by atoms with van der Waals surface area (Å²) in [5, 5.41) is 9.79. The first kappa shape index (κ1) is 20.3. The molecule has 2 aliphatic rings. The van der Waals surface area contributed by atoms with Gasteiger partial charge in [-0.3, -0.25) is 9.36 Å². The van der Waals surface area contributed by atoms with Crippen molar-refractivity contribution in [2.24, 2.45) is 0 Å².